The number of ether oxygens (including phenoxy) is 1. The first-order valence-corrected chi connectivity index (χ1v) is 9.20. The highest BCUT2D eigenvalue weighted by atomic mass is 19.4. The van der Waals surface area contributed by atoms with Crippen LogP contribution in [-0.2, 0) is 20.8 Å². The SMILES string of the molecule is O=C(O)CCC(=O)NC(CC(=O)O)Cc1ccc(-c2ccccc2OC(F)(F)F)cc1. The maximum Gasteiger partial charge on any atom is 0.573 e. The van der Waals surface area contributed by atoms with E-state index in [1.165, 1.54) is 18.2 Å². The van der Waals surface area contributed by atoms with E-state index in [1.54, 1.807) is 30.3 Å². The van der Waals surface area contributed by atoms with Gasteiger partial charge < -0.3 is 20.3 Å². The van der Waals surface area contributed by atoms with Gasteiger partial charge in [0.2, 0.25) is 5.91 Å². The molecular formula is C21H20F3NO6. The van der Waals surface area contributed by atoms with Gasteiger partial charge >= 0.3 is 18.3 Å². The van der Waals surface area contributed by atoms with Gasteiger partial charge in [0.25, 0.3) is 0 Å². The topological polar surface area (TPSA) is 113 Å². The van der Waals surface area contributed by atoms with Gasteiger partial charge in [0.1, 0.15) is 5.75 Å². The second kappa shape index (κ2) is 10.5. The molecule has 1 unspecified atom stereocenters. The summed E-state index contributed by atoms with van der Waals surface area (Å²) in [5, 5.41) is 20.2. The van der Waals surface area contributed by atoms with Crippen LogP contribution in [0.2, 0.25) is 0 Å². The van der Waals surface area contributed by atoms with Gasteiger partial charge in [0, 0.05) is 18.0 Å². The predicted molar refractivity (Wildman–Crippen MR) is 103 cm³/mol. The third-order valence-corrected chi connectivity index (χ3v) is 4.21. The van der Waals surface area contributed by atoms with Gasteiger partial charge in [-0.05, 0) is 23.6 Å². The first kappa shape index (κ1) is 23.7. The van der Waals surface area contributed by atoms with Gasteiger partial charge in [0.15, 0.2) is 0 Å². The first-order valence-electron chi connectivity index (χ1n) is 9.20. The van der Waals surface area contributed by atoms with Crippen LogP contribution in [-0.4, -0.2) is 40.5 Å². The summed E-state index contributed by atoms with van der Waals surface area (Å²) < 4.78 is 41.9. The molecule has 166 valence electrons. The average molecular weight is 439 g/mol. The number of benzene rings is 2. The van der Waals surface area contributed by atoms with Crippen molar-refractivity contribution >= 4 is 17.8 Å². The van der Waals surface area contributed by atoms with Crippen molar-refractivity contribution in [3.8, 4) is 16.9 Å². The van der Waals surface area contributed by atoms with E-state index in [0.717, 1.165) is 0 Å². The van der Waals surface area contributed by atoms with Crippen LogP contribution in [0.5, 0.6) is 5.75 Å². The highest BCUT2D eigenvalue weighted by Gasteiger charge is 2.32. The zero-order chi connectivity index (χ0) is 23.0. The number of nitrogens with one attached hydrogen (secondary N) is 1. The number of carboxylic acid groups (broad SMARTS) is 2. The molecule has 0 aromatic heterocycles. The monoisotopic (exact) mass is 439 g/mol. The number of alkyl halides is 3. The van der Waals surface area contributed by atoms with Crippen molar-refractivity contribution in [2.24, 2.45) is 0 Å². The van der Waals surface area contributed by atoms with E-state index in [0.29, 0.717) is 11.1 Å². The fraction of sp³-hybridized carbons (Fsp3) is 0.286. The largest absolute Gasteiger partial charge is 0.573 e. The lowest BCUT2D eigenvalue weighted by Crippen LogP contribution is -2.38. The van der Waals surface area contributed by atoms with Gasteiger partial charge in [0.05, 0.1) is 12.8 Å². The summed E-state index contributed by atoms with van der Waals surface area (Å²) in [6.07, 6.45) is -5.71. The van der Waals surface area contributed by atoms with Crippen LogP contribution in [0.1, 0.15) is 24.8 Å². The molecule has 2 aromatic carbocycles. The highest BCUT2D eigenvalue weighted by Crippen LogP contribution is 2.33. The van der Waals surface area contributed by atoms with Gasteiger partial charge in [-0.15, -0.1) is 13.2 Å². The fourth-order valence-electron chi connectivity index (χ4n) is 2.93. The molecular weight excluding hydrogens is 419 g/mol. The smallest absolute Gasteiger partial charge is 0.481 e. The van der Waals surface area contributed by atoms with Crippen LogP contribution in [0.25, 0.3) is 11.1 Å². The fourth-order valence-corrected chi connectivity index (χ4v) is 2.93. The molecule has 0 fully saturated rings. The minimum Gasteiger partial charge on any atom is -0.481 e. The summed E-state index contributed by atoms with van der Waals surface area (Å²) in [6, 6.07) is 11.2. The van der Waals surface area contributed by atoms with Gasteiger partial charge in [-0.2, -0.15) is 0 Å². The molecule has 0 bridgehead atoms. The van der Waals surface area contributed by atoms with E-state index >= 15 is 0 Å². The van der Waals surface area contributed by atoms with Crippen molar-refractivity contribution in [1.29, 1.82) is 0 Å². The van der Waals surface area contributed by atoms with Crippen LogP contribution < -0.4 is 10.1 Å². The maximum atomic E-state index is 12.6. The normalized spacial score (nSPS) is 12.1. The summed E-state index contributed by atoms with van der Waals surface area (Å²) in [7, 11) is 0. The number of amides is 1. The number of halogens is 3. The second-order valence-electron chi connectivity index (χ2n) is 6.70. The van der Waals surface area contributed by atoms with E-state index < -0.39 is 30.2 Å². The molecule has 0 aliphatic heterocycles. The zero-order valence-electron chi connectivity index (χ0n) is 16.2. The minimum atomic E-state index is -4.83. The van der Waals surface area contributed by atoms with E-state index in [1.807, 2.05) is 0 Å². The molecule has 2 aromatic rings. The summed E-state index contributed by atoms with van der Waals surface area (Å²) in [6.45, 7) is 0. The lowest BCUT2D eigenvalue weighted by atomic mass is 9.98. The summed E-state index contributed by atoms with van der Waals surface area (Å²) in [5.41, 5.74) is 1.34. The van der Waals surface area contributed by atoms with Crippen molar-refractivity contribution in [3.05, 3.63) is 54.1 Å². The molecule has 3 N–H and O–H groups in total. The standard InChI is InChI=1S/C21H20F3NO6/c22-21(23,24)31-17-4-2-1-3-16(17)14-7-5-13(6-8-14)11-15(12-20(29)30)25-18(26)9-10-19(27)28/h1-8,15H,9-12H2,(H,25,26)(H,27,28)(H,29,30). The van der Waals surface area contributed by atoms with E-state index in [9.17, 15) is 27.6 Å². The Bertz CT molecular complexity index is 927. The molecule has 1 amide bonds. The molecule has 0 aliphatic carbocycles. The molecule has 0 spiro atoms. The highest BCUT2D eigenvalue weighted by molar-refractivity contribution is 5.81. The Hall–Kier alpha value is -3.56. The Morgan fingerprint density at radius 1 is 0.935 bits per heavy atom. The number of hydrogen-bond donors (Lipinski definition) is 3. The van der Waals surface area contributed by atoms with Crippen molar-refractivity contribution in [2.75, 3.05) is 0 Å². The van der Waals surface area contributed by atoms with Gasteiger partial charge in [-0.25, -0.2) is 0 Å². The van der Waals surface area contributed by atoms with E-state index in [-0.39, 0.29) is 37.0 Å². The van der Waals surface area contributed by atoms with Crippen molar-refractivity contribution in [3.63, 3.8) is 0 Å². The summed E-state index contributed by atoms with van der Waals surface area (Å²) in [5.74, 6) is -3.21. The number of carbonyl (C=O) groups excluding carboxylic acids is 1. The van der Waals surface area contributed by atoms with Crippen LogP contribution in [0.15, 0.2) is 48.5 Å². The maximum absolute atomic E-state index is 12.6. The third-order valence-electron chi connectivity index (χ3n) is 4.21. The quantitative estimate of drug-likeness (QED) is 0.521. The Balaban J connectivity index is 2.13. The van der Waals surface area contributed by atoms with Crippen LogP contribution >= 0.6 is 0 Å². The number of carbonyl (C=O) groups is 3. The Kier molecular flexibility index (Phi) is 8.00. The van der Waals surface area contributed by atoms with Crippen LogP contribution in [0, 0.1) is 0 Å². The predicted octanol–water partition coefficient (Wildman–Crippen LogP) is 3.62. The molecule has 0 aliphatic rings. The number of aliphatic carboxylic acids is 2. The molecule has 31 heavy (non-hydrogen) atoms. The van der Waals surface area contributed by atoms with Crippen LogP contribution in [0.3, 0.4) is 0 Å². The lowest BCUT2D eigenvalue weighted by molar-refractivity contribution is -0.274. The number of para-hydroxylation sites is 1. The van der Waals surface area contributed by atoms with E-state index in [4.69, 9.17) is 10.2 Å². The average Bonchev–Trinajstić information content (AvgIpc) is 2.66. The van der Waals surface area contributed by atoms with Crippen molar-refractivity contribution in [2.45, 2.75) is 38.1 Å². The summed E-state index contributed by atoms with van der Waals surface area (Å²) in [4.78, 5) is 33.5. The van der Waals surface area contributed by atoms with Gasteiger partial charge in [-0.3, -0.25) is 14.4 Å². The van der Waals surface area contributed by atoms with Crippen molar-refractivity contribution < 1.29 is 42.5 Å². The molecule has 0 saturated carbocycles. The number of carboxylic acids is 2. The molecule has 0 heterocycles. The molecule has 2 rings (SSSR count). The molecule has 0 saturated heterocycles. The van der Waals surface area contributed by atoms with Crippen LogP contribution in [0.4, 0.5) is 13.2 Å². The molecule has 0 radical (unpaired) electrons. The minimum absolute atomic E-state index is 0.145. The number of hydrogen-bond acceptors (Lipinski definition) is 4. The second-order valence-corrected chi connectivity index (χ2v) is 6.70. The van der Waals surface area contributed by atoms with Gasteiger partial charge in [-0.1, -0.05) is 42.5 Å². The number of rotatable bonds is 10. The third kappa shape index (κ3) is 8.37. The van der Waals surface area contributed by atoms with Crippen molar-refractivity contribution in [1.82, 2.24) is 5.32 Å². The molecule has 1 atom stereocenters. The molecule has 10 heteroatoms. The Labute approximate surface area is 175 Å². The first-order chi connectivity index (χ1) is 14.5. The summed E-state index contributed by atoms with van der Waals surface area (Å²) >= 11 is 0. The zero-order valence-corrected chi connectivity index (χ0v) is 16.2. The molecule has 7 nitrogen and oxygen atoms in total. The van der Waals surface area contributed by atoms with E-state index in [2.05, 4.69) is 10.1 Å². The Morgan fingerprint density at radius 3 is 2.16 bits per heavy atom. The Morgan fingerprint density at radius 2 is 1.58 bits per heavy atom. The lowest BCUT2D eigenvalue weighted by Gasteiger charge is -2.17.